The van der Waals surface area contributed by atoms with Crippen molar-refractivity contribution in [3.63, 3.8) is 0 Å². The Labute approximate surface area is 98.4 Å². The predicted octanol–water partition coefficient (Wildman–Crippen LogP) is -6.96. The van der Waals surface area contributed by atoms with Crippen molar-refractivity contribution >= 4 is 11.9 Å². The van der Waals surface area contributed by atoms with Crippen molar-refractivity contribution in [2.24, 2.45) is 0 Å². The molecule has 0 aromatic carbocycles. The van der Waals surface area contributed by atoms with E-state index in [9.17, 15) is 37.5 Å². The zero-order valence-corrected chi connectivity index (χ0v) is 9.47. The molecule has 17 heavy (non-hydrogen) atoms. The molecule has 0 aliphatic carbocycles. The Balaban J connectivity index is 3.78. The first kappa shape index (κ1) is 16.3. The largest absolute Gasteiger partial charge is 0.463 e. The second kappa shape index (κ2) is 6.28. The normalized spacial score (nSPS) is 12.1. The molecule has 0 saturated carbocycles. The lowest BCUT2D eigenvalue weighted by Gasteiger charge is -2.11. The van der Waals surface area contributed by atoms with E-state index in [4.69, 9.17) is 0 Å². The van der Waals surface area contributed by atoms with Gasteiger partial charge in [-0.25, -0.2) is 9.59 Å². The minimum absolute atomic E-state index is 0.353. The maximum Gasteiger partial charge on any atom is 0.463 e. The Bertz CT molecular complexity index is 249. The van der Waals surface area contributed by atoms with E-state index in [1.165, 1.54) is 0 Å². The molecule has 0 aromatic heterocycles. The average Bonchev–Trinajstić information content (AvgIpc) is 1.95. The van der Waals surface area contributed by atoms with Gasteiger partial charge in [0, 0.05) is 0 Å². The van der Waals surface area contributed by atoms with E-state index in [1.54, 1.807) is 0 Å². The monoisotopic (exact) mass is 296 g/mol. The van der Waals surface area contributed by atoms with Crippen LogP contribution in [0.25, 0.3) is 0 Å². The first-order valence-corrected chi connectivity index (χ1v) is 6.23. The van der Waals surface area contributed by atoms with Crippen LogP contribution in [-0.4, -0.2) is 11.9 Å². The van der Waals surface area contributed by atoms with Crippen molar-refractivity contribution in [1.82, 2.24) is 0 Å². The maximum absolute atomic E-state index is 10.6. The molecule has 0 fully saturated rings. The van der Waals surface area contributed by atoms with E-state index in [0.29, 0.717) is 0 Å². The van der Waals surface area contributed by atoms with Gasteiger partial charge in [0.25, 0.3) is 0 Å². The van der Waals surface area contributed by atoms with Crippen molar-refractivity contribution in [3.8, 4) is 0 Å². The maximum atomic E-state index is 10.6. The summed E-state index contributed by atoms with van der Waals surface area (Å²) in [6.45, 7) is 0. The molecule has 0 spiro atoms. The highest BCUT2D eigenvalue weighted by molar-refractivity contribution is 5.71. The standard InChI is InChI=1S/C5H6Cl2O10/c8-4(16-6(10,11)12)2-1-3-5(9)17-7(13,14)15/h1-3H2. The fourth-order valence-electron chi connectivity index (χ4n) is 0.665. The third kappa shape index (κ3) is 11.5. The van der Waals surface area contributed by atoms with Crippen LogP contribution in [0, 0.1) is 20.5 Å². The van der Waals surface area contributed by atoms with Crippen molar-refractivity contribution < 1.29 is 66.6 Å². The molecule has 0 amide bonds. The zero-order valence-electron chi connectivity index (χ0n) is 7.96. The van der Waals surface area contributed by atoms with Crippen LogP contribution < -0.4 is 28.0 Å². The highest BCUT2D eigenvalue weighted by Crippen LogP contribution is 2.03. The SMILES string of the molecule is O=C(CCCC(=O)O[Cl+3]([O-])([O-])[O-])O[Cl+3]([O-])([O-])[O-]. The average molecular weight is 297 g/mol. The molecule has 0 unspecified atom stereocenters. The second-order valence-electron chi connectivity index (χ2n) is 2.51. The molecular weight excluding hydrogens is 291 g/mol. The summed E-state index contributed by atoms with van der Waals surface area (Å²) in [7, 11) is -9.80. The van der Waals surface area contributed by atoms with Crippen molar-refractivity contribution in [1.29, 1.82) is 0 Å². The number of rotatable bonds is 6. The molecule has 0 rings (SSSR count). The van der Waals surface area contributed by atoms with Gasteiger partial charge >= 0.3 is 11.9 Å². The van der Waals surface area contributed by atoms with Crippen LogP contribution in [0.15, 0.2) is 0 Å². The molecule has 0 aliphatic heterocycles. The minimum atomic E-state index is -4.90. The molecule has 0 bridgehead atoms. The molecule has 0 atom stereocenters. The summed E-state index contributed by atoms with van der Waals surface area (Å²) >= 11 is 0. The Morgan fingerprint density at radius 3 is 1.29 bits per heavy atom. The van der Waals surface area contributed by atoms with Crippen molar-refractivity contribution in [2.45, 2.75) is 19.3 Å². The van der Waals surface area contributed by atoms with Crippen LogP contribution in [-0.2, 0) is 18.2 Å². The van der Waals surface area contributed by atoms with Gasteiger partial charge in [-0.05, 0) is 15.0 Å². The first-order chi connectivity index (χ1) is 7.49. The van der Waals surface area contributed by atoms with E-state index < -0.39 is 45.3 Å². The number of hydrogen-bond donors (Lipinski definition) is 0. The van der Waals surface area contributed by atoms with Crippen LogP contribution >= 0.6 is 0 Å². The van der Waals surface area contributed by atoms with Gasteiger partial charge in [-0.2, -0.15) is 28.0 Å². The molecule has 10 nitrogen and oxygen atoms in total. The lowest BCUT2D eigenvalue weighted by Crippen LogP contribution is -2.61. The van der Waals surface area contributed by atoms with Gasteiger partial charge in [0.15, 0.2) is 0 Å². The van der Waals surface area contributed by atoms with Crippen LogP contribution in [0.3, 0.4) is 0 Å². The minimum Gasteiger partial charge on any atom is -0.234 e. The van der Waals surface area contributed by atoms with E-state index in [-0.39, 0.29) is 6.42 Å². The summed E-state index contributed by atoms with van der Waals surface area (Å²) in [4.78, 5) is 21.2. The Hall–Kier alpha value is -0.720. The number of carbonyl (C=O) groups is 2. The fourth-order valence-corrected chi connectivity index (χ4v) is 1.24. The number of carbonyl (C=O) groups excluding carboxylic acids is 2. The Morgan fingerprint density at radius 2 is 1.06 bits per heavy atom. The third-order valence-electron chi connectivity index (χ3n) is 1.12. The molecule has 0 saturated heterocycles. The van der Waals surface area contributed by atoms with Gasteiger partial charge < -0.3 is 0 Å². The number of halogens is 2. The lowest BCUT2D eigenvalue weighted by atomic mass is 10.2. The highest BCUT2D eigenvalue weighted by Gasteiger charge is 2.28. The van der Waals surface area contributed by atoms with E-state index >= 15 is 0 Å². The van der Waals surface area contributed by atoms with Crippen LogP contribution in [0.4, 0.5) is 0 Å². The summed E-state index contributed by atoms with van der Waals surface area (Å²) in [6.07, 6.45) is -1.63. The third-order valence-corrected chi connectivity index (χ3v) is 1.85. The Morgan fingerprint density at radius 1 is 0.765 bits per heavy atom. The van der Waals surface area contributed by atoms with E-state index in [0.717, 1.165) is 0 Å². The molecule has 0 aliphatic rings. The van der Waals surface area contributed by atoms with Gasteiger partial charge in [0.1, 0.15) is 20.5 Å². The molecule has 0 heterocycles. The topological polar surface area (TPSA) is 191 Å². The molecular formula is C5H6Cl2O10. The quantitative estimate of drug-likeness (QED) is 0.454. The second-order valence-corrected chi connectivity index (χ2v) is 4.33. The summed E-state index contributed by atoms with van der Waals surface area (Å²) in [5, 5.41) is 0. The molecule has 0 aromatic rings. The summed E-state index contributed by atoms with van der Waals surface area (Å²) in [5.74, 6) is -2.84. The number of hydrogen-bond acceptors (Lipinski definition) is 10. The van der Waals surface area contributed by atoms with E-state index in [2.05, 4.69) is 8.58 Å². The van der Waals surface area contributed by atoms with Crippen molar-refractivity contribution in [2.75, 3.05) is 0 Å². The van der Waals surface area contributed by atoms with E-state index in [1.807, 2.05) is 0 Å². The summed E-state index contributed by atoms with van der Waals surface area (Å²) < 4.78 is 66.0. The van der Waals surface area contributed by atoms with Gasteiger partial charge in [0.05, 0.1) is 12.8 Å². The molecule has 0 radical (unpaired) electrons. The van der Waals surface area contributed by atoms with Crippen LogP contribution in [0.5, 0.6) is 0 Å². The summed E-state index contributed by atoms with van der Waals surface area (Å²) in [6, 6.07) is 0. The molecule has 0 N–H and O–H groups in total. The van der Waals surface area contributed by atoms with Gasteiger partial charge in [-0.1, -0.05) is 0 Å². The first-order valence-electron chi connectivity index (χ1n) is 3.76. The zero-order chi connectivity index (χ0) is 13.7. The van der Waals surface area contributed by atoms with Crippen LogP contribution in [0.2, 0.25) is 0 Å². The Kier molecular flexibility index (Phi) is 6.01. The highest BCUT2D eigenvalue weighted by atomic mass is 35.7. The smallest absolute Gasteiger partial charge is 0.234 e. The fraction of sp³-hybridized carbons (Fsp3) is 0.600. The molecule has 100 valence electrons. The van der Waals surface area contributed by atoms with Gasteiger partial charge in [0.2, 0.25) is 0 Å². The van der Waals surface area contributed by atoms with Gasteiger partial charge in [-0.15, -0.1) is 0 Å². The lowest BCUT2D eigenvalue weighted by molar-refractivity contribution is -1.92. The molecule has 12 heteroatoms. The predicted molar refractivity (Wildman–Crippen MR) is 26.0 cm³/mol. The van der Waals surface area contributed by atoms with Gasteiger partial charge in [-0.3, -0.25) is 0 Å². The summed E-state index contributed by atoms with van der Waals surface area (Å²) in [5.41, 5.74) is 0. The van der Waals surface area contributed by atoms with Crippen molar-refractivity contribution in [3.05, 3.63) is 0 Å². The van der Waals surface area contributed by atoms with Crippen LogP contribution in [0.1, 0.15) is 19.3 Å².